The number of aliphatic carboxylic acids is 1. The third-order valence-electron chi connectivity index (χ3n) is 3.25. The summed E-state index contributed by atoms with van der Waals surface area (Å²) in [6.07, 6.45) is 0.0916. The molecule has 0 unspecified atom stereocenters. The van der Waals surface area contributed by atoms with E-state index in [9.17, 15) is 19.5 Å². The van der Waals surface area contributed by atoms with Gasteiger partial charge in [-0.1, -0.05) is 30.3 Å². The topological polar surface area (TPSA) is 87.0 Å². The number of nitrogens with zero attached hydrogens (tertiary/aromatic N) is 2. The van der Waals surface area contributed by atoms with Gasteiger partial charge in [-0.15, -0.1) is 0 Å². The molecule has 1 aliphatic heterocycles. The van der Waals surface area contributed by atoms with Gasteiger partial charge in [-0.25, -0.2) is 9.79 Å². The first-order chi connectivity index (χ1) is 10.4. The first kappa shape index (κ1) is 15.6. The van der Waals surface area contributed by atoms with Gasteiger partial charge in [0.15, 0.2) is 0 Å². The molecule has 6 heteroatoms. The fourth-order valence-corrected chi connectivity index (χ4v) is 2.23. The van der Waals surface area contributed by atoms with Gasteiger partial charge in [0, 0.05) is 13.5 Å². The summed E-state index contributed by atoms with van der Waals surface area (Å²) in [5.74, 6) is -1.91. The van der Waals surface area contributed by atoms with Crippen molar-refractivity contribution >= 4 is 23.4 Å². The van der Waals surface area contributed by atoms with Gasteiger partial charge in [0.25, 0.3) is 5.91 Å². The zero-order valence-electron chi connectivity index (χ0n) is 12.4. The van der Waals surface area contributed by atoms with Crippen LogP contribution in [0.25, 0.3) is 0 Å². The first-order valence-electron chi connectivity index (χ1n) is 6.74. The van der Waals surface area contributed by atoms with E-state index in [1.807, 2.05) is 30.3 Å². The number of carboxylic acids is 1. The minimum atomic E-state index is -1.17. The molecule has 0 atom stereocenters. The zero-order chi connectivity index (χ0) is 16.3. The van der Waals surface area contributed by atoms with Crippen molar-refractivity contribution in [2.45, 2.75) is 13.3 Å². The Morgan fingerprint density at radius 3 is 2.41 bits per heavy atom. The van der Waals surface area contributed by atoms with E-state index >= 15 is 0 Å². The second-order valence-corrected chi connectivity index (χ2v) is 5.10. The van der Waals surface area contributed by atoms with Gasteiger partial charge >= 0.3 is 5.97 Å². The van der Waals surface area contributed by atoms with Crippen LogP contribution in [0.15, 0.2) is 46.6 Å². The second-order valence-electron chi connectivity index (χ2n) is 5.10. The summed E-state index contributed by atoms with van der Waals surface area (Å²) in [6, 6.07) is 9.10. The monoisotopic (exact) mass is 300 g/mol. The van der Waals surface area contributed by atoms with Gasteiger partial charge in [-0.05, 0) is 12.5 Å². The molecule has 0 bridgehead atoms. The number of amides is 1. The predicted octanol–water partition coefficient (Wildman–Crippen LogP) is 1.27. The lowest BCUT2D eigenvalue weighted by Crippen LogP contribution is -2.32. The molecule has 0 aliphatic carbocycles. The molecule has 0 radical (unpaired) electrons. The molecule has 22 heavy (non-hydrogen) atoms. The van der Waals surface area contributed by atoms with Crippen molar-refractivity contribution in [2.75, 3.05) is 13.6 Å². The Bertz CT molecular complexity index is 689. The standard InChI is InChI=1S/C16H16N2O4/c1-10(19)9-18(2)15(20)14-12(16(21)22)8-13(17-14)11-6-4-3-5-7-11/h3-7H,8-9H2,1-2H3,(H,21,22). The molecule has 1 heterocycles. The van der Waals surface area contributed by atoms with Gasteiger partial charge in [-0.3, -0.25) is 9.59 Å². The van der Waals surface area contributed by atoms with Crippen LogP contribution < -0.4 is 0 Å². The minimum Gasteiger partial charge on any atom is -0.478 e. The quantitative estimate of drug-likeness (QED) is 0.887. The molecule has 0 spiro atoms. The Balaban J connectivity index is 2.33. The molecule has 2 rings (SSSR count). The Morgan fingerprint density at radius 1 is 1.23 bits per heavy atom. The van der Waals surface area contributed by atoms with Crippen LogP contribution in [0.3, 0.4) is 0 Å². The van der Waals surface area contributed by atoms with E-state index in [4.69, 9.17) is 0 Å². The van der Waals surface area contributed by atoms with Crippen molar-refractivity contribution in [1.82, 2.24) is 4.90 Å². The molecule has 0 fully saturated rings. The molecule has 114 valence electrons. The fourth-order valence-electron chi connectivity index (χ4n) is 2.23. The maximum absolute atomic E-state index is 12.3. The number of hydrogen-bond donors (Lipinski definition) is 1. The average Bonchev–Trinajstić information content (AvgIpc) is 2.92. The minimum absolute atomic E-state index is 0.0424. The number of benzene rings is 1. The van der Waals surface area contributed by atoms with E-state index in [0.717, 1.165) is 5.56 Å². The van der Waals surface area contributed by atoms with E-state index in [1.54, 1.807) is 0 Å². The van der Waals surface area contributed by atoms with Crippen LogP contribution in [0.2, 0.25) is 0 Å². The lowest BCUT2D eigenvalue weighted by atomic mass is 10.0. The normalized spacial score (nSPS) is 13.8. The molecular weight excluding hydrogens is 284 g/mol. The molecule has 1 aliphatic rings. The van der Waals surface area contributed by atoms with Crippen molar-refractivity contribution in [3.8, 4) is 0 Å². The Hall–Kier alpha value is -2.76. The van der Waals surface area contributed by atoms with E-state index in [1.165, 1.54) is 18.9 Å². The van der Waals surface area contributed by atoms with Crippen LogP contribution in [-0.4, -0.2) is 47.0 Å². The van der Waals surface area contributed by atoms with E-state index in [0.29, 0.717) is 5.71 Å². The number of likely N-dealkylation sites (N-methyl/N-ethyl adjacent to an activating group) is 1. The highest BCUT2D eigenvalue weighted by Crippen LogP contribution is 2.25. The third kappa shape index (κ3) is 3.28. The first-order valence-corrected chi connectivity index (χ1v) is 6.74. The number of Topliss-reactive ketones (excluding diaryl/α,β-unsaturated/α-hetero) is 1. The molecule has 0 saturated heterocycles. The highest BCUT2D eigenvalue weighted by atomic mass is 16.4. The average molecular weight is 300 g/mol. The molecule has 1 aromatic rings. The molecule has 0 saturated carbocycles. The lowest BCUT2D eigenvalue weighted by Gasteiger charge is -2.15. The predicted molar refractivity (Wildman–Crippen MR) is 80.6 cm³/mol. The summed E-state index contributed by atoms with van der Waals surface area (Å²) in [5, 5.41) is 9.29. The van der Waals surface area contributed by atoms with E-state index in [-0.39, 0.29) is 30.0 Å². The van der Waals surface area contributed by atoms with Crippen molar-refractivity contribution in [1.29, 1.82) is 0 Å². The van der Waals surface area contributed by atoms with E-state index in [2.05, 4.69) is 4.99 Å². The van der Waals surface area contributed by atoms with Gasteiger partial charge in [0.2, 0.25) is 0 Å². The summed E-state index contributed by atoms with van der Waals surface area (Å²) in [5.41, 5.74) is 1.17. The van der Waals surface area contributed by atoms with Crippen molar-refractivity contribution in [3.63, 3.8) is 0 Å². The number of rotatable bonds is 5. The Kier molecular flexibility index (Phi) is 4.50. The Labute approximate surface area is 127 Å². The van der Waals surface area contributed by atoms with Crippen LogP contribution >= 0.6 is 0 Å². The van der Waals surface area contributed by atoms with Crippen LogP contribution in [0.5, 0.6) is 0 Å². The molecule has 1 N–H and O–H groups in total. The van der Waals surface area contributed by atoms with Crippen LogP contribution in [0.1, 0.15) is 18.9 Å². The molecule has 0 aromatic heterocycles. The van der Waals surface area contributed by atoms with Crippen molar-refractivity contribution in [3.05, 3.63) is 47.2 Å². The van der Waals surface area contributed by atoms with Crippen LogP contribution in [0.4, 0.5) is 0 Å². The summed E-state index contributed by atoms with van der Waals surface area (Å²) in [6.45, 7) is 1.29. The summed E-state index contributed by atoms with van der Waals surface area (Å²) < 4.78 is 0. The van der Waals surface area contributed by atoms with Crippen LogP contribution in [-0.2, 0) is 14.4 Å². The second kappa shape index (κ2) is 6.34. The molecule has 6 nitrogen and oxygen atoms in total. The smallest absolute Gasteiger partial charge is 0.334 e. The molecule has 1 aromatic carbocycles. The maximum Gasteiger partial charge on any atom is 0.334 e. The fraction of sp³-hybridized carbons (Fsp3) is 0.250. The van der Waals surface area contributed by atoms with Gasteiger partial charge in [0.1, 0.15) is 11.5 Å². The van der Waals surface area contributed by atoms with Crippen molar-refractivity contribution in [2.24, 2.45) is 4.99 Å². The lowest BCUT2D eigenvalue weighted by molar-refractivity contribution is -0.134. The SMILES string of the molecule is CC(=O)CN(C)C(=O)C1=C(C(=O)O)CC(c2ccccc2)=N1. The van der Waals surface area contributed by atoms with E-state index < -0.39 is 11.9 Å². The van der Waals surface area contributed by atoms with Crippen LogP contribution in [0, 0.1) is 0 Å². The number of carboxylic acid groups (broad SMARTS) is 1. The summed E-state index contributed by atoms with van der Waals surface area (Å²) in [7, 11) is 1.45. The summed E-state index contributed by atoms with van der Waals surface area (Å²) in [4.78, 5) is 40.2. The van der Waals surface area contributed by atoms with Crippen molar-refractivity contribution < 1.29 is 19.5 Å². The third-order valence-corrected chi connectivity index (χ3v) is 3.25. The van der Waals surface area contributed by atoms with Gasteiger partial charge < -0.3 is 10.0 Å². The van der Waals surface area contributed by atoms with Gasteiger partial charge in [-0.2, -0.15) is 0 Å². The maximum atomic E-state index is 12.3. The number of hydrogen-bond acceptors (Lipinski definition) is 4. The highest BCUT2D eigenvalue weighted by Gasteiger charge is 2.30. The molecular formula is C16H16N2O4. The number of carbonyl (C=O) groups is 3. The summed E-state index contributed by atoms with van der Waals surface area (Å²) >= 11 is 0. The highest BCUT2D eigenvalue weighted by molar-refractivity contribution is 6.15. The number of ketones is 1. The Morgan fingerprint density at radius 2 is 1.86 bits per heavy atom. The number of carbonyl (C=O) groups excluding carboxylic acids is 2. The molecule has 1 amide bonds. The number of aliphatic imine (C=N–C) groups is 1. The zero-order valence-corrected chi connectivity index (χ0v) is 12.4. The van der Waals surface area contributed by atoms with Gasteiger partial charge in [0.05, 0.1) is 17.8 Å². The largest absolute Gasteiger partial charge is 0.478 e.